The maximum absolute atomic E-state index is 5.37. The highest BCUT2D eigenvalue weighted by Gasteiger charge is 2.21. The average Bonchev–Trinajstić information content (AvgIpc) is 2.48. The number of nitrogens with one attached hydrogen (secondary N) is 2. The van der Waals surface area contributed by atoms with Crippen LogP contribution in [0.15, 0.2) is 0 Å². The summed E-state index contributed by atoms with van der Waals surface area (Å²) >= 11 is 0. The Labute approximate surface area is 120 Å². The molecule has 0 saturated heterocycles. The number of hydrogen-bond acceptors (Lipinski definition) is 6. The number of ether oxygens (including phenoxy) is 1. The van der Waals surface area contributed by atoms with E-state index in [0.717, 1.165) is 5.92 Å². The van der Waals surface area contributed by atoms with Crippen LogP contribution < -0.4 is 15.4 Å². The zero-order valence-electron chi connectivity index (χ0n) is 12.6. The molecular weight excluding hydrogens is 254 g/mol. The molecular formula is C14H25N5O. The molecule has 0 bridgehead atoms. The van der Waals surface area contributed by atoms with Crippen molar-refractivity contribution < 1.29 is 4.74 Å². The smallest absolute Gasteiger partial charge is 0.323 e. The van der Waals surface area contributed by atoms with Gasteiger partial charge in [0.05, 0.1) is 6.61 Å². The fourth-order valence-corrected chi connectivity index (χ4v) is 2.62. The van der Waals surface area contributed by atoms with Gasteiger partial charge in [-0.05, 0) is 38.5 Å². The lowest BCUT2D eigenvalue weighted by atomic mass is 9.85. The van der Waals surface area contributed by atoms with Crippen LogP contribution in [0.25, 0.3) is 0 Å². The van der Waals surface area contributed by atoms with Crippen molar-refractivity contribution in [2.75, 3.05) is 24.3 Å². The van der Waals surface area contributed by atoms with Crippen molar-refractivity contribution in [2.24, 2.45) is 5.92 Å². The summed E-state index contributed by atoms with van der Waals surface area (Å²) in [6.45, 7) is 4.74. The first-order valence-corrected chi connectivity index (χ1v) is 7.58. The Bertz CT molecular complexity index is 418. The van der Waals surface area contributed by atoms with Crippen LogP contribution in [-0.2, 0) is 0 Å². The molecule has 1 aliphatic rings. The molecule has 1 saturated carbocycles. The fourth-order valence-electron chi connectivity index (χ4n) is 2.62. The van der Waals surface area contributed by atoms with Gasteiger partial charge in [-0.3, -0.25) is 0 Å². The molecule has 1 aromatic rings. The largest absolute Gasteiger partial charge is 0.464 e. The van der Waals surface area contributed by atoms with Crippen molar-refractivity contribution in [3.63, 3.8) is 0 Å². The van der Waals surface area contributed by atoms with E-state index in [1.54, 1.807) is 7.05 Å². The Morgan fingerprint density at radius 3 is 2.35 bits per heavy atom. The van der Waals surface area contributed by atoms with E-state index in [4.69, 9.17) is 4.74 Å². The number of anilines is 2. The SMILES string of the molecule is CCOc1nc(NC)nc(NC2CCC(CC)CC2)n1. The van der Waals surface area contributed by atoms with Gasteiger partial charge in [0.2, 0.25) is 11.9 Å². The summed E-state index contributed by atoms with van der Waals surface area (Å²) in [4.78, 5) is 12.8. The first-order valence-electron chi connectivity index (χ1n) is 7.58. The molecule has 0 aliphatic heterocycles. The van der Waals surface area contributed by atoms with Crippen molar-refractivity contribution in [3.8, 4) is 6.01 Å². The zero-order valence-corrected chi connectivity index (χ0v) is 12.6. The third-order valence-corrected chi connectivity index (χ3v) is 3.87. The van der Waals surface area contributed by atoms with Gasteiger partial charge in [-0.15, -0.1) is 0 Å². The zero-order chi connectivity index (χ0) is 14.4. The summed E-state index contributed by atoms with van der Waals surface area (Å²) in [6.07, 6.45) is 6.23. The van der Waals surface area contributed by atoms with E-state index in [0.29, 0.717) is 30.6 Å². The van der Waals surface area contributed by atoms with E-state index in [9.17, 15) is 0 Å². The standard InChI is InChI=1S/C14H25N5O/c1-4-10-6-8-11(9-7-10)16-13-17-12(15-3)18-14(19-13)20-5-2/h10-11H,4-9H2,1-3H3,(H2,15,16,17,18,19). The maximum atomic E-state index is 5.37. The molecule has 0 amide bonds. The van der Waals surface area contributed by atoms with Crippen molar-refractivity contribution in [1.82, 2.24) is 15.0 Å². The summed E-state index contributed by atoms with van der Waals surface area (Å²) in [7, 11) is 1.79. The van der Waals surface area contributed by atoms with E-state index in [-0.39, 0.29) is 0 Å². The number of hydrogen-bond donors (Lipinski definition) is 2. The van der Waals surface area contributed by atoms with Crippen LogP contribution >= 0.6 is 0 Å². The first-order chi connectivity index (χ1) is 9.75. The fraction of sp³-hybridized carbons (Fsp3) is 0.786. The highest BCUT2D eigenvalue weighted by Crippen LogP contribution is 2.28. The Morgan fingerprint density at radius 2 is 1.75 bits per heavy atom. The Kier molecular flexibility index (Phi) is 5.38. The predicted molar refractivity (Wildman–Crippen MR) is 80.2 cm³/mol. The van der Waals surface area contributed by atoms with Gasteiger partial charge in [-0.2, -0.15) is 15.0 Å². The van der Waals surface area contributed by atoms with E-state index >= 15 is 0 Å². The summed E-state index contributed by atoms with van der Waals surface area (Å²) < 4.78 is 5.37. The van der Waals surface area contributed by atoms with E-state index < -0.39 is 0 Å². The minimum Gasteiger partial charge on any atom is -0.464 e. The van der Waals surface area contributed by atoms with Crippen LogP contribution in [0.5, 0.6) is 6.01 Å². The van der Waals surface area contributed by atoms with Crippen molar-refractivity contribution in [2.45, 2.75) is 52.0 Å². The lowest BCUT2D eigenvalue weighted by Gasteiger charge is -2.28. The van der Waals surface area contributed by atoms with Gasteiger partial charge in [-0.1, -0.05) is 13.3 Å². The van der Waals surface area contributed by atoms with Crippen LogP contribution in [-0.4, -0.2) is 34.6 Å². The van der Waals surface area contributed by atoms with Gasteiger partial charge in [0, 0.05) is 13.1 Å². The molecule has 112 valence electrons. The molecule has 1 fully saturated rings. The molecule has 6 nitrogen and oxygen atoms in total. The second-order valence-corrected chi connectivity index (χ2v) is 5.22. The first kappa shape index (κ1) is 14.8. The third kappa shape index (κ3) is 3.95. The average molecular weight is 279 g/mol. The molecule has 6 heteroatoms. The molecule has 0 radical (unpaired) electrons. The predicted octanol–water partition coefficient (Wildman–Crippen LogP) is 2.69. The van der Waals surface area contributed by atoms with Gasteiger partial charge < -0.3 is 15.4 Å². The van der Waals surface area contributed by atoms with Crippen LogP contribution in [0.2, 0.25) is 0 Å². The van der Waals surface area contributed by atoms with E-state index in [1.807, 2.05) is 6.92 Å². The van der Waals surface area contributed by atoms with E-state index in [1.165, 1.54) is 32.1 Å². The van der Waals surface area contributed by atoms with E-state index in [2.05, 4.69) is 32.5 Å². The Hall–Kier alpha value is -1.59. The Morgan fingerprint density at radius 1 is 1.05 bits per heavy atom. The lowest BCUT2D eigenvalue weighted by molar-refractivity contribution is 0.311. The lowest BCUT2D eigenvalue weighted by Crippen LogP contribution is -2.27. The Balaban J connectivity index is 1.99. The quantitative estimate of drug-likeness (QED) is 0.834. The highest BCUT2D eigenvalue weighted by atomic mass is 16.5. The van der Waals surface area contributed by atoms with Gasteiger partial charge in [0.25, 0.3) is 0 Å². The van der Waals surface area contributed by atoms with Crippen molar-refractivity contribution in [3.05, 3.63) is 0 Å². The number of nitrogens with zero attached hydrogens (tertiary/aromatic N) is 3. The monoisotopic (exact) mass is 279 g/mol. The molecule has 1 aromatic heterocycles. The van der Waals surface area contributed by atoms with Gasteiger partial charge in [-0.25, -0.2) is 0 Å². The van der Waals surface area contributed by atoms with Crippen LogP contribution in [0, 0.1) is 5.92 Å². The second-order valence-electron chi connectivity index (χ2n) is 5.22. The van der Waals surface area contributed by atoms with Crippen molar-refractivity contribution >= 4 is 11.9 Å². The van der Waals surface area contributed by atoms with Crippen LogP contribution in [0.4, 0.5) is 11.9 Å². The second kappa shape index (κ2) is 7.26. The topological polar surface area (TPSA) is 72.0 Å². The number of rotatable bonds is 6. The van der Waals surface area contributed by atoms with Gasteiger partial charge in [0.1, 0.15) is 0 Å². The van der Waals surface area contributed by atoms with Crippen molar-refractivity contribution in [1.29, 1.82) is 0 Å². The molecule has 2 rings (SSSR count). The molecule has 1 heterocycles. The van der Waals surface area contributed by atoms with Crippen LogP contribution in [0.1, 0.15) is 46.0 Å². The molecule has 0 aromatic carbocycles. The summed E-state index contributed by atoms with van der Waals surface area (Å²) in [5, 5.41) is 6.35. The molecule has 2 N–H and O–H groups in total. The molecule has 0 unspecified atom stereocenters. The molecule has 20 heavy (non-hydrogen) atoms. The highest BCUT2D eigenvalue weighted by molar-refractivity contribution is 5.36. The molecule has 0 spiro atoms. The third-order valence-electron chi connectivity index (χ3n) is 3.87. The summed E-state index contributed by atoms with van der Waals surface area (Å²) in [6, 6.07) is 0.830. The summed E-state index contributed by atoms with van der Waals surface area (Å²) in [5.41, 5.74) is 0. The molecule has 0 atom stereocenters. The van der Waals surface area contributed by atoms with Gasteiger partial charge >= 0.3 is 6.01 Å². The normalized spacial score (nSPS) is 22.4. The minimum atomic E-state index is 0.372. The van der Waals surface area contributed by atoms with Gasteiger partial charge in [0.15, 0.2) is 0 Å². The minimum absolute atomic E-state index is 0.372. The molecule has 1 aliphatic carbocycles. The van der Waals surface area contributed by atoms with Crippen LogP contribution in [0.3, 0.4) is 0 Å². The number of aromatic nitrogens is 3. The maximum Gasteiger partial charge on any atom is 0.323 e. The summed E-state index contributed by atoms with van der Waals surface area (Å²) in [5.74, 6) is 2.03.